The Morgan fingerprint density at radius 2 is 1.78 bits per heavy atom. The summed E-state index contributed by atoms with van der Waals surface area (Å²) in [6.07, 6.45) is 1.55. The van der Waals surface area contributed by atoms with Gasteiger partial charge in [0, 0.05) is 24.9 Å². The molecular weight excluding hydrogens is 354 g/mol. The van der Waals surface area contributed by atoms with E-state index in [4.69, 9.17) is 9.47 Å². The fraction of sp³-hybridized carbons (Fsp3) is 0.100. The van der Waals surface area contributed by atoms with Gasteiger partial charge in [-0.2, -0.15) is 0 Å². The van der Waals surface area contributed by atoms with Gasteiger partial charge in [0.15, 0.2) is 6.61 Å². The number of nitrogens with zero attached hydrogens (tertiary/aromatic N) is 1. The van der Waals surface area contributed by atoms with Crippen molar-refractivity contribution in [2.75, 3.05) is 6.61 Å². The zero-order valence-corrected chi connectivity index (χ0v) is 14.2. The number of halogens is 2. The van der Waals surface area contributed by atoms with Crippen LogP contribution in [0.1, 0.15) is 5.56 Å². The molecule has 0 saturated carbocycles. The number of hydrogen-bond acceptors (Lipinski definition) is 4. The molecule has 3 aromatic rings. The summed E-state index contributed by atoms with van der Waals surface area (Å²) in [5.41, 5.74) is 0.765. The molecule has 5 nitrogen and oxygen atoms in total. The first-order chi connectivity index (χ1) is 13.1. The van der Waals surface area contributed by atoms with Gasteiger partial charge in [-0.1, -0.05) is 6.07 Å². The molecule has 0 spiro atoms. The van der Waals surface area contributed by atoms with Crippen LogP contribution in [0.5, 0.6) is 17.4 Å². The van der Waals surface area contributed by atoms with Crippen LogP contribution < -0.4 is 14.8 Å². The number of hydrogen-bond donors (Lipinski definition) is 1. The third-order valence-corrected chi connectivity index (χ3v) is 3.49. The molecule has 0 saturated heterocycles. The van der Waals surface area contributed by atoms with E-state index < -0.39 is 5.82 Å². The molecule has 0 radical (unpaired) electrons. The molecule has 1 amide bonds. The SMILES string of the molecule is O=C(COc1cccc(F)c1)NCc1ccnc(Oc2ccc(F)cc2)c1. The summed E-state index contributed by atoms with van der Waals surface area (Å²) in [7, 11) is 0. The predicted octanol–water partition coefficient (Wildman–Crippen LogP) is 3.85. The molecule has 0 aliphatic heterocycles. The van der Waals surface area contributed by atoms with E-state index in [1.54, 1.807) is 24.4 Å². The van der Waals surface area contributed by atoms with Crippen molar-refractivity contribution >= 4 is 5.91 Å². The van der Waals surface area contributed by atoms with E-state index in [1.807, 2.05) is 0 Å². The van der Waals surface area contributed by atoms with Crippen molar-refractivity contribution in [3.8, 4) is 17.4 Å². The molecule has 27 heavy (non-hydrogen) atoms. The molecule has 1 aromatic heterocycles. The van der Waals surface area contributed by atoms with Crippen LogP contribution >= 0.6 is 0 Å². The van der Waals surface area contributed by atoms with Gasteiger partial charge >= 0.3 is 0 Å². The lowest BCUT2D eigenvalue weighted by Crippen LogP contribution is -2.28. The smallest absolute Gasteiger partial charge is 0.258 e. The zero-order chi connectivity index (χ0) is 19.1. The standard InChI is InChI=1S/C20H16F2N2O3/c21-15-4-6-17(7-5-15)27-20-10-14(8-9-23-20)12-24-19(25)13-26-18-3-1-2-16(22)11-18/h1-11H,12-13H2,(H,24,25). The average molecular weight is 370 g/mol. The highest BCUT2D eigenvalue weighted by atomic mass is 19.1. The van der Waals surface area contributed by atoms with Gasteiger partial charge < -0.3 is 14.8 Å². The first-order valence-electron chi connectivity index (χ1n) is 8.12. The third kappa shape index (κ3) is 5.78. The van der Waals surface area contributed by atoms with Crippen LogP contribution in [-0.4, -0.2) is 17.5 Å². The van der Waals surface area contributed by atoms with Crippen molar-refractivity contribution in [3.05, 3.63) is 84.1 Å². The molecule has 0 atom stereocenters. The van der Waals surface area contributed by atoms with E-state index in [9.17, 15) is 13.6 Å². The average Bonchev–Trinajstić information content (AvgIpc) is 2.67. The second-order valence-corrected chi connectivity index (χ2v) is 5.58. The number of carbonyl (C=O) groups excluding carboxylic acids is 1. The first kappa shape index (κ1) is 18.3. The summed E-state index contributed by atoms with van der Waals surface area (Å²) < 4.78 is 36.8. The maximum Gasteiger partial charge on any atom is 0.258 e. The topological polar surface area (TPSA) is 60.5 Å². The highest BCUT2D eigenvalue weighted by molar-refractivity contribution is 5.77. The largest absolute Gasteiger partial charge is 0.484 e. The molecule has 0 aliphatic carbocycles. The van der Waals surface area contributed by atoms with Gasteiger partial charge in [-0.15, -0.1) is 0 Å². The molecule has 0 unspecified atom stereocenters. The second kappa shape index (κ2) is 8.75. The van der Waals surface area contributed by atoms with E-state index >= 15 is 0 Å². The van der Waals surface area contributed by atoms with E-state index in [2.05, 4.69) is 10.3 Å². The molecule has 138 valence electrons. The highest BCUT2D eigenvalue weighted by Crippen LogP contribution is 2.20. The lowest BCUT2D eigenvalue weighted by molar-refractivity contribution is -0.123. The van der Waals surface area contributed by atoms with Gasteiger partial charge in [-0.25, -0.2) is 13.8 Å². The minimum Gasteiger partial charge on any atom is -0.484 e. The van der Waals surface area contributed by atoms with Crippen LogP contribution in [0.25, 0.3) is 0 Å². The monoisotopic (exact) mass is 370 g/mol. The molecule has 0 fully saturated rings. The zero-order valence-electron chi connectivity index (χ0n) is 14.2. The second-order valence-electron chi connectivity index (χ2n) is 5.58. The van der Waals surface area contributed by atoms with Crippen LogP contribution in [0.3, 0.4) is 0 Å². The van der Waals surface area contributed by atoms with Crippen LogP contribution in [0.15, 0.2) is 66.9 Å². The lowest BCUT2D eigenvalue weighted by Gasteiger charge is -2.09. The highest BCUT2D eigenvalue weighted by Gasteiger charge is 2.05. The maximum atomic E-state index is 13.1. The summed E-state index contributed by atoms with van der Waals surface area (Å²) in [6.45, 7) is 0.0150. The Kier molecular flexibility index (Phi) is 5.94. The van der Waals surface area contributed by atoms with Gasteiger partial charge in [0.1, 0.15) is 23.1 Å². The fourth-order valence-corrected chi connectivity index (χ4v) is 2.20. The van der Waals surface area contributed by atoms with Crippen molar-refractivity contribution in [1.29, 1.82) is 0 Å². The Bertz CT molecular complexity index is 917. The quantitative estimate of drug-likeness (QED) is 0.686. The fourth-order valence-electron chi connectivity index (χ4n) is 2.20. The Morgan fingerprint density at radius 3 is 2.56 bits per heavy atom. The van der Waals surface area contributed by atoms with Crippen molar-refractivity contribution in [3.63, 3.8) is 0 Å². The first-order valence-corrected chi connectivity index (χ1v) is 8.12. The lowest BCUT2D eigenvalue weighted by atomic mass is 10.2. The minimum atomic E-state index is -0.432. The van der Waals surface area contributed by atoms with Gasteiger partial charge in [0.05, 0.1) is 0 Å². The summed E-state index contributed by atoms with van der Waals surface area (Å²) in [6, 6.07) is 14.5. The van der Waals surface area contributed by atoms with E-state index in [1.165, 1.54) is 42.5 Å². The van der Waals surface area contributed by atoms with Gasteiger partial charge in [-0.05, 0) is 48.0 Å². The van der Waals surface area contributed by atoms with Crippen molar-refractivity contribution < 1.29 is 23.0 Å². The Hall–Kier alpha value is -3.48. The molecular formula is C20H16F2N2O3. The summed E-state index contributed by atoms with van der Waals surface area (Å²) >= 11 is 0. The number of nitrogens with one attached hydrogen (secondary N) is 1. The van der Waals surface area contributed by atoms with E-state index in [0.717, 1.165) is 5.56 Å². The molecule has 0 aliphatic rings. The number of amides is 1. The summed E-state index contributed by atoms with van der Waals surface area (Å²) in [5.74, 6) is -0.0790. The van der Waals surface area contributed by atoms with Crippen molar-refractivity contribution in [2.45, 2.75) is 6.54 Å². The number of rotatable bonds is 7. The third-order valence-electron chi connectivity index (χ3n) is 3.49. The Labute approximate surface area is 154 Å². The van der Waals surface area contributed by atoms with Crippen LogP contribution in [-0.2, 0) is 11.3 Å². The van der Waals surface area contributed by atoms with Gasteiger partial charge in [-0.3, -0.25) is 4.79 Å². The number of pyridine rings is 1. The number of carbonyl (C=O) groups is 1. The Morgan fingerprint density at radius 1 is 0.963 bits per heavy atom. The Balaban J connectivity index is 1.50. The minimum absolute atomic E-state index is 0.229. The van der Waals surface area contributed by atoms with Crippen LogP contribution in [0.4, 0.5) is 8.78 Å². The number of benzene rings is 2. The molecule has 7 heteroatoms. The van der Waals surface area contributed by atoms with E-state index in [0.29, 0.717) is 11.6 Å². The molecule has 1 N–H and O–H groups in total. The number of aromatic nitrogens is 1. The van der Waals surface area contributed by atoms with E-state index in [-0.39, 0.29) is 30.6 Å². The predicted molar refractivity (Wildman–Crippen MR) is 94.5 cm³/mol. The molecule has 1 heterocycles. The number of ether oxygens (including phenoxy) is 2. The molecule has 2 aromatic carbocycles. The normalized spacial score (nSPS) is 10.3. The van der Waals surface area contributed by atoms with Crippen LogP contribution in [0, 0.1) is 11.6 Å². The van der Waals surface area contributed by atoms with Crippen molar-refractivity contribution in [1.82, 2.24) is 10.3 Å². The summed E-state index contributed by atoms with van der Waals surface area (Å²) in [4.78, 5) is 15.9. The van der Waals surface area contributed by atoms with Gasteiger partial charge in [0.2, 0.25) is 5.88 Å². The van der Waals surface area contributed by atoms with Gasteiger partial charge in [0.25, 0.3) is 5.91 Å². The summed E-state index contributed by atoms with van der Waals surface area (Å²) in [5, 5.41) is 2.69. The maximum absolute atomic E-state index is 13.1. The molecule has 3 rings (SSSR count). The van der Waals surface area contributed by atoms with Crippen molar-refractivity contribution in [2.24, 2.45) is 0 Å². The van der Waals surface area contributed by atoms with Crippen LogP contribution in [0.2, 0.25) is 0 Å². The molecule has 0 bridgehead atoms.